The van der Waals surface area contributed by atoms with Crippen LogP contribution in [0.4, 0.5) is 10.2 Å². The molecule has 0 radical (unpaired) electrons. The van der Waals surface area contributed by atoms with Gasteiger partial charge in [0.15, 0.2) is 5.82 Å². The average Bonchev–Trinajstić information content (AvgIpc) is 3.61. The zero-order valence-corrected chi connectivity index (χ0v) is 19.6. The van der Waals surface area contributed by atoms with Gasteiger partial charge in [0.25, 0.3) is 0 Å². The molecule has 7 heteroatoms. The molecular weight excluding hydrogens is 417 g/mol. The van der Waals surface area contributed by atoms with Crippen LogP contribution in [0.3, 0.4) is 0 Å². The molecule has 2 aliphatic rings. The molecule has 0 saturated heterocycles. The molecule has 2 heterocycles. The molecule has 33 heavy (non-hydrogen) atoms. The molecule has 2 aromatic heterocycles. The molecule has 2 N–H and O–H groups in total. The molecule has 0 unspecified atom stereocenters. The Hall–Kier alpha value is -2.56. The summed E-state index contributed by atoms with van der Waals surface area (Å²) in [6, 6.07) is 10.7. The summed E-state index contributed by atoms with van der Waals surface area (Å²) >= 11 is 0. The van der Waals surface area contributed by atoms with E-state index in [1.807, 2.05) is 24.3 Å². The quantitative estimate of drug-likeness (QED) is 0.544. The summed E-state index contributed by atoms with van der Waals surface area (Å²) in [6.07, 6.45) is 8.59. The average molecular weight is 452 g/mol. The standard InChI is InChI=1S/C26H34FN5O/c1-18(15-33-2)31-20-8-6-19(7-9-20)12-21-13-22(23(27)14-29-21)24-4-3-5-25(32-24)30-17-26(16-28)10-11-26/h3-5,13-14,18-20,31H,6-12,15,17H2,1-2H3,(H,30,32)/t18-,19?,20?/m0/s1. The van der Waals surface area contributed by atoms with Gasteiger partial charge in [-0.05, 0) is 76.0 Å². The fourth-order valence-electron chi connectivity index (χ4n) is 4.74. The Kier molecular flexibility index (Phi) is 7.56. The minimum Gasteiger partial charge on any atom is -0.383 e. The number of nitrogens with zero attached hydrogens (tertiary/aromatic N) is 3. The van der Waals surface area contributed by atoms with Gasteiger partial charge >= 0.3 is 0 Å². The van der Waals surface area contributed by atoms with E-state index in [1.165, 1.54) is 6.20 Å². The van der Waals surface area contributed by atoms with Gasteiger partial charge in [0.1, 0.15) is 5.82 Å². The second-order valence-corrected chi connectivity index (χ2v) is 9.75. The van der Waals surface area contributed by atoms with Gasteiger partial charge in [-0.2, -0.15) is 5.26 Å². The zero-order valence-electron chi connectivity index (χ0n) is 19.6. The summed E-state index contributed by atoms with van der Waals surface area (Å²) < 4.78 is 19.9. The molecule has 0 amide bonds. The summed E-state index contributed by atoms with van der Waals surface area (Å²) in [5.41, 5.74) is 1.72. The molecule has 0 spiro atoms. The first-order chi connectivity index (χ1) is 16.0. The van der Waals surface area contributed by atoms with Gasteiger partial charge in [0.05, 0.1) is 30.0 Å². The number of ether oxygens (including phenoxy) is 1. The van der Waals surface area contributed by atoms with E-state index in [4.69, 9.17) is 4.74 Å². The third kappa shape index (κ3) is 6.27. The van der Waals surface area contributed by atoms with E-state index in [0.29, 0.717) is 41.6 Å². The molecule has 1 atom stereocenters. The first-order valence-corrected chi connectivity index (χ1v) is 12.0. The summed E-state index contributed by atoms with van der Waals surface area (Å²) in [7, 11) is 1.74. The molecule has 6 nitrogen and oxygen atoms in total. The minimum absolute atomic E-state index is 0.261. The number of pyridine rings is 2. The Labute approximate surface area is 196 Å². The lowest BCUT2D eigenvalue weighted by Crippen LogP contribution is -2.41. The van der Waals surface area contributed by atoms with E-state index < -0.39 is 0 Å². The molecule has 2 aliphatic carbocycles. The number of anilines is 1. The Morgan fingerprint density at radius 3 is 2.76 bits per heavy atom. The Morgan fingerprint density at radius 1 is 1.27 bits per heavy atom. The van der Waals surface area contributed by atoms with Crippen LogP contribution in [-0.2, 0) is 11.2 Å². The lowest BCUT2D eigenvalue weighted by Gasteiger charge is -2.31. The third-order valence-corrected chi connectivity index (χ3v) is 6.92. The van der Waals surface area contributed by atoms with Gasteiger partial charge in [-0.3, -0.25) is 4.98 Å². The first kappa shape index (κ1) is 23.6. The van der Waals surface area contributed by atoms with Crippen molar-refractivity contribution >= 4 is 5.82 Å². The zero-order chi connectivity index (χ0) is 23.3. The Bertz CT molecular complexity index is 979. The van der Waals surface area contributed by atoms with Gasteiger partial charge in [-0.15, -0.1) is 0 Å². The van der Waals surface area contributed by atoms with E-state index in [-0.39, 0.29) is 11.2 Å². The van der Waals surface area contributed by atoms with Gasteiger partial charge in [0.2, 0.25) is 0 Å². The number of rotatable bonds is 10. The molecular formula is C26H34FN5O. The SMILES string of the molecule is COC[C@H](C)NC1CCC(Cc2cc(-c3cccc(NCC4(C#N)CC4)n3)c(F)cn2)CC1. The fraction of sp³-hybridized carbons (Fsp3) is 0.577. The number of aromatic nitrogens is 2. The summed E-state index contributed by atoms with van der Waals surface area (Å²) in [6.45, 7) is 3.46. The predicted octanol–water partition coefficient (Wildman–Crippen LogP) is 4.72. The van der Waals surface area contributed by atoms with Gasteiger partial charge in [0, 0.05) is 37.0 Å². The van der Waals surface area contributed by atoms with Crippen LogP contribution >= 0.6 is 0 Å². The molecule has 0 bridgehead atoms. The lowest BCUT2D eigenvalue weighted by atomic mass is 9.83. The van der Waals surface area contributed by atoms with E-state index in [9.17, 15) is 9.65 Å². The van der Waals surface area contributed by atoms with Crippen molar-refractivity contribution in [2.75, 3.05) is 25.6 Å². The van der Waals surface area contributed by atoms with Crippen molar-refractivity contribution in [1.82, 2.24) is 15.3 Å². The van der Waals surface area contributed by atoms with Crippen LogP contribution in [0.5, 0.6) is 0 Å². The van der Waals surface area contributed by atoms with Crippen LogP contribution in [0, 0.1) is 28.5 Å². The highest BCUT2D eigenvalue weighted by Gasteiger charge is 2.42. The van der Waals surface area contributed by atoms with Crippen LogP contribution in [0.1, 0.15) is 51.1 Å². The van der Waals surface area contributed by atoms with E-state index in [2.05, 4.69) is 33.6 Å². The number of methoxy groups -OCH3 is 1. The van der Waals surface area contributed by atoms with E-state index >= 15 is 0 Å². The number of halogens is 1. The largest absolute Gasteiger partial charge is 0.383 e. The van der Waals surface area contributed by atoms with Crippen molar-refractivity contribution in [2.45, 2.75) is 64.0 Å². The smallest absolute Gasteiger partial charge is 0.150 e. The summed E-state index contributed by atoms with van der Waals surface area (Å²) in [5.74, 6) is 0.868. The van der Waals surface area contributed by atoms with Crippen molar-refractivity contribution in [3.8, 4) is 17.3 Å². The second kappa shape index (κ2) is 10.6. The maximum Gasteiger partial charge on any atom is 0.150 e. The molecule has 2 aromatic rings. The monoisotopic (exact) mass is 451 g/mol. The van der Waals surface area contributed by atoms with Crippen molar-refractivity contribution in [3.63, 3.8) is 0 Å². The van der Waals surface area contributed by atoms with Gasteiger partial charge in [-0.1, -0.05) is 6.07 Å². The normalized spacial score (nSPS) is 22.4. The van der Waals surface area contributed by atoms with Crippen LogP contribution in [-0.4, -0.2) is 42.3 Å². The fourth-order valence-corrected chi connectivity index (χ4v) is 4.74. The van der Waals surface area contributed by atoms with Gasteiger partial charge < -0.3 is 15.4 Å². The molecule has 0 aliphatic heterocycles. The van der Waals surface area contributed by atoms with Crippen LogP contribution in [0.2, 0.25) is 0 Å². The highest BCUT2D eigenvalue weighted by molar-refractivity contribution is 5.62. The van der Waals surface area contributed by atoms with Crippen LogP contribution < -0.4 is 10.6 Å². The third-order valence-electron chi connectivity index (χ3n) is 6.92. The van der Waals surface area contributed by atoms with Crippen molar-refractivity contribution < 1.29 is 9.13 Å². The van der Waals surface area contributed by atoms with Crippen LogP contribution in [0.15, 0.2) is 30.5 Å². The predicted molar refractivity (Wildman–Crippen MR) is 127 cm³/mol. The molecule has 4 rings (SSSR count). The van der Waals surface area contributed by atoms with Crippen molar-refractivity contribution in [2.24, 2.45) is 11.3 Å². The maximum atomic E-state index is 14.7. The highest BCUT2D eigenvalue weighted by atomic mass is 19.1. The van der Waals surface area contributed by atoms with E-state index in [1.54, 1.807) is 7.11 Å². The molecule has 176 valence electrons. The first-order valence-electron chi connectivity index (χ1n) is 12.0. The number of nitriles is 1. The molecule has 0 aromatic carbocycles. The molecule has 2 fully saturated rings. The highest BCUT2D eigenvalue weighted by Crippen LogP contribution is 2.44. The number of hydrogen-bond acceptors (Lipinski definition) is 6. The van der Waals surface area contributed by atoms with Gasteiger partial charge in [-0.25, -0.2) is 9.37 Å². The minimum atomic E-state index is -0.362. The van der Waals surface area contributed by atoms with Crippen LogP contribution in [0.25, 0.3) is 11.3 Å². The van der Waals surface area contributed by atoms with Crippen molar-refractivity contribution in [1.29, 1.82) is 5.26 Å². The Morgan fingerprint density at radius 2 is 2.06 bits per heavy atom. The topological polar surface area (TPSA) is 82.9 Å². The summed E-state index contributed by atoms with van der Waals surface area (Å²) in [5, 5.41) is 16.2. The van der Waals surface area contributed by atoms with Crippen molar-refractivity contribution in [3.05, 3.63) is 42.0 Å². The maximum absolute atomic E-state index is 14.7. The lowest BCUT2D eigenvalue weighted by molar-refractivity contribution is 0.158. The number of hydrogen-bond donors (Lipinski definition) is 2. The van der Waals surface area contributed by atoms with E-state index in [0.717, 1.165) is 57.2 Å². The summed E-state index contributed by atoms with van der Waals surface area (Å²) in [4.78, 5) is 8.98. The second-order valence-electron chi connectivity index (χ2n) is 9.75. The number of nitrogens with one attached hydrogen (secondary N) is 2. The Balaban J connectivity index is 1.37. The molecule has 2 saturated carbocycles.